The molecule has 3 rings (SSSR count). The number of carbonyl (C=O) groups excluding carboxylic acids is 1. The fourth-order valence-corrected chi connectivity index (χ4v) is 5.40. The number of nitrogens with zero attached hydrogens (tertiary/aromatic N) is 2. The SMILES string of the molecule is COc1ccc(S(=O)(=O)N(CC(=O)NCc2ccc(N(C)C)cc2)c2ccc(C)cc2)cc1Br. The van der Waals surface area contributed by atoms with Crippen molar-refractivity contribution in [3.63, 3.8) is 0 Å². The fraction of sp³-hybridized carbons (Fsp3) is 0.240. The van der Waals surface area contributed by atoms with Crippen LogP contribution in [0.4, 0.5) is 11.4 Å². The number of carbonyl (C=O) groups is 1. The number of ether oxygens (including phenoxy) is 1. The van der Waals surface area contributed by atoms with Gasteiger partial charge in [-0.1, -0.05) is 29.8 Å². The molecule has 0 aliphatic heterocycles. The van der Waals surface area contributed by atoms with Gasteiger partial charge in [0.1, 0.15) is 12.3 Å². The zero-order chi connectivity index (χ0) is 24.9. The highest BCUT2D eigenvalue weighted by Crippen LogP contribution is 2.30. The Kier molecular flexibility index (Phi) is 8.22. The maximum Gasteiger partial charge on any atom is 0.264 e. The van der Waals surface area contributed by atoms with Crippen LogP contribution in [-0.4, -0.2) is 42.1 Å². The molecule has 0 heterocycles. The Morgan fingerprint density at radius 3 is 2.15 bits per heavy atom. The molecule has 0 bridgehead atoms. The summed E-state index contributed by atoms with van der Waals surface area (Å²) in [5, 5.41) is 2.82. The van der Waals surface area contributed by atoms with Crippen molar-refractivity contribution in [2.75, 3.05) is 37.0 Å². The van der Waals surface area contributed by atoms with Crippen LogP contribution in [0.1, 0.15) is 11.1 Å². The van der Waals surface area contributed by atoms with Gasteiger partial charge in [-0.05, 0) is 70.9 Å². The van der Waals surface area contributed by atoms with E-state index in [-0.39, 0.29) is 11.4 Å². The lowest BCUT2D eigenvalue weighted by Gasteiger charge is -2.24. The standard InChI is InChI=1S/C25H28BrN3O4S/c1-18-5-9-21(10-6-18)29(34(31,32)22-13-14-24(33-4)23(26)15-22)17-25(30)27-16-19-7-11-20(12-8-19)28(2)3/h5-15H,16-17H2,1-4H3,(H,27,30). The summed E-state index contributed by atoms with van der Waals surface area (Å²) in [5.74, 6) is 0.104. The summed E-state index contributed by atoms with van der Waals surface area (Å²) in [6.07, 6.45) is 0. The van der Waals surface area contributed by atoms with Crippen LogP contribution in [0, 0.1) is 6.92 Å². The van der Waals surface area contributed by atoms with Gasteiger partial charge in [-0.2, -0.15) is 0 Å². The zero-order valence-electron chi connectivity index (χ0n) is 19.6. The third-order valence-corrected chi connectivity index (χ3v) is 7.65. The highest BCUT2D eigenvalue weighted by Gasteiger charge is 2.28. The van der Waals surface area contributed by atoms with Crippen LogP contribution in [-0.2, 0) is 21.4 Å². The number of benzene rings is 3. The second kappa shape index (κ2) is 10.9. The first-order valence-corrected chi connectivity index (χ1v) is 12.8. The summed E-state index contributed by atoms with van der Waals surface area (Å²) in [4.78, 5) is 14.9. The molecule has 0 radical (unpaired) electrons. The molecule has 0 atom stereocenters. The Morgan fingerprint density at radius 2 is 1.59 bits per heavy atom. The summed E-state index contributed by atoms with van der Waals surface area (Å²) in [7, 11) is 1.39. The number of rotatable bonds is 9. The van der Waals surface area contributed by atoms with Crippen LogP contribution < -0.4 is 19.3 Å². The van der Waals surface area contributed by atoms with E-state index in [4.69, 9.17) is 4.74 Å². The van der Waals surface area contributed by atoms with Crippen molar-refractivity contribution in [3.05, 3.63) is 82.3 Å². The van der Waals surface area contributed by atoms with E-state index in [2.05, 4.69) is 21.2 Å². The maximum atomic E-state index is 13.6. The van der Waals surface area contributed by atoms with E-state index < -0.39 is 15.9 Å². The third-order valence-electron chi connectivity index (χ3n) is 5.26. The van der Waals surface area contributed by atoms with Gasteiger partial charge in [-0.25, -0.2) is 8.42 Å². The minimum Gasteiger partial charge on any atom is -0.496 e. The first-order chi connectivity index (χ1) is 16.1. The molecule has 0 unspecified atom stereocenters. The number of hydrogen-bond donors (Lipinski definition) is 1. The predicted octanol–water partition coefficient (Wildman–Crippen LogP) is 4.34. The topological polar surface area (TPSA) is 79.0 Å². The van der Waals surface area contributed by atoms with Gasteiger partial charge in [0, 0.05) is 26.3 Å². The van der Waals surface area contributed by atoms with Crippen LogP contribution in [0.3, 0.4) is 0 Å². The number of amides is 1. The summed E-state index contributed by atoms with van der Waals surface area (Å²) < 4.78 is 33.9. The normalized spacial score (nSPS) is 11.1. The van der Waals surface area contributed by atoms with Gasteiger partial charge < -0.3 is 15.0 Å². The van der Waals surface area contributed by atoms with E-state index in [1.165, 1.54) is 19.2 Å². The van der Waals surface area contributed by atoms with Crippen molar-refractivity contribution < 1.29 is 17.9 Å². The summed E-state index contributed by atoms with van der Waals surface area (Å²) in [6, 6.07) is 19.3. The number of sulfonamides is 1. The minimum atomic E-state index is -4.03. The molecule has 0 fully saturated rings. The lowest BCUT2D eigenvalue weighted by molar-refractivity contribution is -0.119. The molecule has 7 nitrogen and oxygen atoms in total. The molecule has 0 aliphatic rings. The molecule has 3 aromatic rings. The molecule has 0 saturated carbocycles. The smallest absolute Gasteiger partial charge is 0.264 e. The van der Waals surface area contributed by atoms with Crippen molar-refractivity contribution in [1.29, 1.82) is 0 Å². The van der Waals surface area contributed by atoms with E-state index in [0.717, 1.165) is 21.1 Å². The minimum absolute atomic E-state index is 0.0489. The lowest BCUT2D eigenvalue weighted by Crippen LogP contribution is -2.40. The number of nitrogens with one attached hydrogen (secondary N) is 1. The number of methoxy groups -OCH3 is 1. The molecule has 3 aromatic carbocycles. The number of halogens is 1. The third kappa shape index (κ3) is 6.09. The number of hydrogen-bond acceptors (Lipinski definition) is 5. The van der Waals surface area contributed by atoms with E-state index in [9.17, 15) is 13.2 Å². The molecule has 1 N–H and O–H groups in total. The van der Waals surface area contributed by atoms with Gasteiger partial charge in [0.25, 0.3) is 10.0 Å². The van der Waals surface area contributed by atoms with Crippen molar-refractivity contribution in [1.82, 2.24) is 5.32 Å². The second-order valence-corrected chi connectivity index (χ2v) is 10.7. The number of aryl methyl sites for hydroxylation is 1. The molecule has 0 aliphatic carbocycles. The highest BCUT2D eigenvalue weighted by atomic mass is 79.9. The van der Waals surface area contributed by atoms with Crippen molar-refractivity contribution in [3.8, 4) is 5.75 Å². The molecule has 1 amide bonds. The molecule has 0 aromatic heterocycles. The van der Waals surface area contributed by atoms with E-state index in [1.807, 2.05) is 62.3 Å². The average Bonchev–Trinajstić information content (AvgIpc) is 2.82. The largest absolute Gasteiger partial charge is 0.496 e. The van der Waals surface area contributed by atoms with Crippen molar-refractivity contribution in [2.45, 2.75) is 18.4 Å². The average molecular weight is 546 g/mol. The molecule has 0 saturated heterocycles. The van der Waals surface area contributed by atoms with E-state index in [0.29, 0.717) is 22.5 Å². The first-order valence-electron chi connectivity index (χ1n) is 10.6. The first kappa shape index (κ1) is 25.6. The summed E-state index contributed by atoms with van der Waals surface area (Å²) >= 11 is 3.34. The Bertz CT molecular complexity index is 1240. The van der Waals surface area contributed by atoms with Crippen LogP contribution in [0.5, 0.6) is 5.75 Å². The van der Waals surface area contributed by atoms with Crippen LogP contribution in [0.15, 0.2) is 76.1 Å². The van der Waals surface area contributed by atoms with Crippen molar-refractivity contribution in [2.24, 2.45) is 0 Å². The van der Waals surface area contributed by atoms with Crippen molar-refractivity contribution >= 4 is 43.2 Å². The Labute approximate surface area is 209 Å². The molecule has 34 heavy (non-hydrogen) atoms. The second-order valence-electron chi connectivity index (χ2n) is 7.98. The quantitative estimate of drug-likeness (QED) is 0.432. The van der Waals surface area contributed by atoms with Gasteiger partial charge in [0.05, 0.1) is 22.2 Å². The van der Waals surface area contributed by atoms with Gasteiger partial charge in [0.15, 0.2) is 0 Å². The Balaban J connectivity index is 1.84. The zero-order valence-corrected chi connectivity index (χ0v) is 22.0. The van der Waals surface area contributed by atoms with Crippen LogP contribution in [0.2, 0.25) is 0 Å². The molecular weight excluding hydrogens is 518 g/mol. The van der Waals surface area contributed by atoms with Gasteiger partial charge in [-0.3, -0.25) is 9.10 Å². The van der Waals surface area contributed by atoms with Gasteiger partial charge >= 0.3 is 0 Å². The predicted molar refractivity (Wildman–Crippen MR) is 139 cm³/mol. The maximum absolute atomic E-state index is 13.6. The molecular formula is C25H28BrN3O4S. The Hall–Kier alpha value is -3.04. The monoisotopic (exact) mass is 545 g/mol. The van der Waals surface area contributed by atoms with Gasteiger partial charge in [-0.15, -0.1) is 0 Å². The number of anilines is 2. The van der Waals surface area contributed by atoms with E-state index >= 15 is 0 Å². The summed E-state index contributed by atoms with van der Waals surface area (Å²) in [5.41, 5.74) is 3.36. The van der Waals surface area contributed by atoms with Gasteiger partial charge in [0.2, 0.25) is 5.91 Å². The van der Waals surface area contributed by atoms with E-state index in [1.54, 1.807) is 18.2 Å². The van der Waals surface area contributed by atoms with Crippen LogP contribution >= 0.6 is 15.9 Å². The summed E-state index contributed by atoms with van der Waals surface area (Å²) in [6.45, 7) is 1.85. The molecule has 180 valence electrons. The van der Waals surface area contributed by atoms with Crippen LogP contribution in [0.25, 0.3) is 0 Å². The lowest BCUT2D eigenvalue weighted by atomic mass is 10.2. The molecule has 0 spiro atoms. The highest BCUT2D eigenvalue weighted by molar-refractivity contribution is 9.10. The molecule has 9 heteroatoms. The fourth-order valence-electron chi connectivity index (χ4n) is 3.26. The Morgan fingerprint density at radius 1 is 0.971 bits per heavy atom.